The molecule has 0 aliphatic heterocycles. The summed E-state index contributed by atoms with van der Waals surface area (Å²) in [6.07, 6.45) is 2.84. The van der Waals surface area contributed by atoms with E-state index in [1.165, 1.54) is 18.5 Å². The van der Waals surface area contributed by atoms with Crippen LogP contribution in [0, 0.1) is 0 Å². The van der Waals surface area contributed by atoms with Crippen molar-refractivity contribution >= 4 is 0 Å². The fraction of sp³-hybridized carbons (Fsp3) is 0.375. The molecule has 0 spiro atoms. The van der Waals surface area contributed by atoms with Crippen LogP contribution in [0.1, 0.15) is 12.5 Å². The van der Waals surface area contributed by atoms with Gasteiger partial charge in [0.2, 0.25) is 0 Å². The first-order valence-corrected chi connectivity index (χ1v) is 3.60. The molecule has 0 fully saturated rings. The molecule has 0 saturated carbocycles. The molecule has 1 aromatic rings. The fourth-order valence-corrected chi connectivity index (χ4v) is 0.831. The zero-order chi connectivity index (χ0) is 9.19. The van der Waals surface area contributed by atoms with E-state index in [4.69, 9.17) is 15.9 Å². The van der Waals surface area contributed by atoms with Gasteiger partial charge in [-0.25, -0.2) is 0 Å². The minimum Gasteiger partial charge on any atom is -0.506 e. The van der Waals surface area contributed by atoms with Crippen molar-refractivity contribution in [2.45, 2.75) is 12.5 Å². The molecule has 0 aliphatic rings. The summed E-state index contributed by atoms with van der Waals surface area (Å²) in [7, 11) is 0. The molecular formula is C8H12N2O2. The third-order valence-electron chi connectivity index (χ3n) is 1.71. The lowest BCUT2D eigenvalue weighted by atomic mass is 9.96. The average Bonchev–Trinajstić information content (AvgIpc) is 2.05. The number of aromatic hydroxyl groups is 1. The summed E-state index contributed by atoms with van der Waals surface area (Å²) >= 11 is 0. The van der Waals surface area contributed by atoms with Gasteiger partial charge in [-0.1, -0.05) is 0 Å². The standard InChI is InChI=1S/C8H12N2O2/c1-8(9,5-11)6-2-7(12)4-10-3-6/h2-4,11-12H,5,9H2,1H3/t8-/m0/s1. The highest BCUT2D eigenvalue weighted by molar-refractivity contribution is 5.27. The predicted octanol–water partition coefficient (Wildman–Crippen LogP) is -0.0466. The molecule has 1 heterocycles. The average molecular weight is 168 g/mol. The summed E-state index contributed by atoms with van der Waals surface area (Å²) < 4.78 is 0. The van der Waals surface area contributed by atoms with Crippen LogP contribution in [0.3, 0.4) is 0 Å². The second-order valence-electron chi connectivity index (χ2n) is 3.01. The van der Waals surface area contributed by atoms with Crippen LogP contribution in [-0.2, 0) is 5.54 Å². The molecule has 0 unspecified atom stereocenters. The molecule has 1 atom stereocenters. The number of hydrogen-bond acceptors (Lipinski definition) is 4. The van der Waals surface area contributed by atoms with E-state index >= 15 is 0 Å². The number of rotatable bonds is 2. The second-order valence-corrected chi connectivity index (χ2v) is 3.01. The number of aliphatic hydroxyl groups excluding tert-OH is 1. The third kappa shape index (κ3) is 1.72. The Balaban J connectivity index is 3.03. The van der Waals surface area contributed by atoms with Gasteiger partial charge in [-0.15, -0.1) is 0 Å². The second kappa shape index (κ2) is 3.08. The van der Waals surface area contributed by atoms with Crippen LogP contribution in [-0.4, -0.2) is 21.8 Å². The topological polar surface area (TPSA) is 79.4 Å². The maximum Gasteiger partial charge on any atom is 0.134 e. The van der Waals surface area contributed by atoms with Crippen molar-refractivity contribution in [2.24, 2.45) is 5.73 Å². The Bertz CT molecular complexity index is 274. The molecule has 4 nitrogen and oxygen atoms in total. The first-order valence-electron chi connectivity index (χ1n) is 3.60. The number of hydrogen-bond donors (Lipinski definition) is 3. The molecule has 66 valence electrons. The van der Waals surface area contributed by atoms with Gasteiger partial charge in [0, 0.05) is 6.20 Å². The minimum atomic E-state index is -0.842. The maximum absolute atomic E-state index is 9.07. The Morgan fingerprint density at radius 1 is 1.58 bits per heavy atom. The molecule has 4 N–H and O–H groups in total. The van der Waals surface area contributed by atoms with Gasteiger partial charge in [-0.3, -0.25) is 4.98 Å². The van der Waals surface area contributed by atoms with E-state index in [1.54, 1.807) is 6.92 Å². The van der Waals surface area contributed by atoms with Crippen LogP contribution >= 0.6 is 0 Å². The summed E-state index contributed by atoms with van der Waals surface area (Å²) in [6.45, 7) is 1.49. The van der Waals surface area contributed by atoms with Gasteiger partial charge in [0.1, 0.15) is 5.75 Å². The molecule has 1 rings (SSSR count). The molecule has 0 aliphatic carbocycles. The lowest BCUT2D eigenvalue weighted by molar-refractivity contribution is 0.209. The van der Waals surface area contributed by atoms with Gasteiger partial charge in [-0.05, 0) is 18.6 Å². The van der Waals surface area contributed by atoms with Gasteiger partial charge in [0.15, 0.2) is 0 Å². The first kappa shape index (κ1) is 8.96. The SMILES string of the molecule is C[C@](N)(CO)c1cncc(O)c1. The Morgan fingerprint density at radius 3 is 2.75 bits per heavy atom. The fourth-order valence-electron chi connectivity index (χ4n) is 0.831. The monoisotopic (exact) mass is 168 g/mol. The van der Waals surface area contributed by atoms with Gasteiger partial charge in [0.25, 0.3) is 0 Å². The quantitative estimate of drug-likeness (QED) is 0.578. The summed E-state index contributed by atoms with van der Waals surface area (Å²) in [4.78, 5) is 3.76. The number of aliphatic hydroxyl groups is 1. The number of nitrogens with two attached hydrogens (primary N) is 1. The lowest BCUT2D eigenvalue weighted by Gasteiger charge is -2.21. The predicted molar refractivity (Wildman–Crippen MR) is 44.5 cm³/mol. The zero-order valence-corrected chi connectivity index (χ0v) is 6.86. The maximum atomic E-state index is 9.07. The largest absolute Gasteiger partial charge is 0.506 e. The summed E-state index contributed by atoms with van der Waals surface area (Å²) in [5.74, 6) is 0.0534. The summed E-state index contributed by atoms with van der Waals surface area (Å²) in [5.41, 5.74) is 5.48. The molecule has 1 aromatic heterocycles. The minimum absolute atomic E-state index is 0.0534. The van der Waals surface area contributed by atoms with E-state index in [9.17, 15) is 0 Å². The van der Waals surface area contributed by atoms with Crippen LogP contribution in [0.5, 0.6) is 5.75 Å². The van der Waals surface area contributed by atoms with Crippen molar-refractivity contribution in [3.05, 3.63) is 24.0 Å². The van der Waals surface area contributed by atoms with Gasteiger partial charge < -0.3 is 15.9 Å². The van der Waals surface area contributed by atoms with Crippen LogP contribution in [0.25, 0.3) is 0 Å². The van der Waals surface area contributed by atoms with Crippen molar-refractivity contribution in [1.82, 2.24) is 4.98 Å². The molecule has 4 heteroatoms. The van der Waals surface area contributed by atoms with Crippen molar-refractivity contribution in [1.29, 1.82) is 0 Å². The van der Waals surface area contributed by atoms with E-state index in [0.29, 0.717) is 5.56 Å². The third-order valence-corrected chi connectivity index (χ3v) is 1.71. The normalized spacial score (nSPS) is 15.6. The molecule has 0 aromatic carbocycles. The van der Waals surface area contributed by atoms with Crippen molar-refractivity contribution in [2.75, 3.05) is 6.61 Å². The highest BCUT2D eigenvalue weighted by atomic mass is 16.3. The Hall–Kier alpha value is -1.13. The smallest absolute Gasteiger partial charge is 0.134 e. The van der Waals surface area contributed by atoms with Crippen LogP contribution in [0.2, 0.25) is 0 Å². The van der Waals surface area contributed by atoms with Crippen molar-refractivity contribution < 1.29 is 10.2 Å². The molecule has 0 saturated heterocycles. The van der Waals surface area contributed by atoms with Crippen LogP contribution in [0.15, 0.2) is 18.5 Å². The van der Waals surface area contributed by atoms with Crippen molar-refractivity contribution in [3.63, 3.8) is 0 Å². The first-order chi connectivity index (χ1) is 5.56. The number of nitrogens with zero attached hydrogens (tertiary/aromatic N) is 1. The van der Waals surface area contributed by atoms with E-state index in [1.807, 2.05) is 0 Å². The number of aromatic nitrogens is 1. The van der Waals surface area contributed by atoms with Crippen LogP contribution < -0.4 is 5.73 Å². The van der Waals surface area contributed by atoms with Crippen LogP contribution in [0.4, 0.5) is 0 Å². The Morgan fingerprint density at radius 2 is 2.25 bits per heavy atom. The Labute approximate surface area is 70.7 Å². The van der Waals surface area contributed by atoms with E-state index in [0.717, 1.165) is 0 Å². The molecule has 12 heavy (non-hydrogen) atoms. The molecular weight excluding hydrogens is 156 g/mol. The van der Waals surface area contributed by atoms with Gasteiger partial charge >= 0.3 is 0 Å². The van der Waals surface area contributed by atoms with E-state index < -0.39 is 5.54 Å². The van der Waals surface area contributed by atoms with Crippen molar-refractivity contribution in [3.8, 4) is 5.75 Å². The summed E-state index contributed by atoms with van der Waals surface area (Å²) in [6, 6.07) is 1.49. The van der Waals surface area contributed by atoms with Gasteiger partial charge in [-0.2, -0.15) is 0 Å². The van der Waals surface area contributed by atoms with Gasteiger partial charge in [0.05, 0.1) is 18.3 Å². The molecule has 0 amide bonds. The summed E-state index contributed by atoms with van der Waals surface area (Å²) in [5, 5.41) is 18.0. The zero-order valence-electron chi connectivity index (χ0n) is 6.86. The Kier molecular flexibility index (Phi) is 2.30. The molecule has 0 bridgehead atoms. The number of pyridine rings is 1. The highest BCUT2D eigenvalue weighted by Crippen LogP contribution is 2.19. The van der Waals surface area contributed by atoms with E-state index in [-0.39, 0.29) is 12.4 Å². The highest BCUT2D eigenvalue weighted by Gasteiger charge is 2.20. The molecule has 0 radical (unpaired) electrons. The van der Waals surface area contributed by atoms with E-state index in [2.05, 4.69) is 4.98 Å². The lowest BCUT2D eigenvalue weighted by Crippen LogP contribution is -2.36.